The minimum atomic E-state index is -1.02. The number of ether oxygens (including phenoxy) is 2. The highest BCUT2D eigenvalue weighted by Crippen LogP contribution is 2.34. The molecular formula is C14H14N2O4S. The maximum Gasteiger partial charge on any atom is 0.355 e. The molecule has 6 nitrogen and oxygen atoms in total. The van der Waals surface area contributed by atoms with Gasteiger partial charge in [-0.15, -0.1) is 11.3 Å². The van der Waals surface area contributed by atoms with Gasteiger partial charge in [-0.1, -0.05) is 0 Å². The third kappa shape index (κ3) is 2.92. The summed E-state index contributed by atoms with van der Waals surface area (Å²) in [4.78, 5) is 15.7. The van der Waals surface area contributed by atoms with Gasteiger partial charge in [0.1, 0.15) is 0 Å². The molecule has 1 aromatic heterocycles. The number of aryl methyl sites for hydroxylation is 1. The van der Waals surface area contributed by atoms with E-state index >= 15 is 0 Å². The third-order valence-electron chi connectivity index (χ3n) is 3.00. The van der Waals surface area contributed by atoms with E-state index in [-0.39, 0.29) is 5.69 Å². The van der Waals surface area contributed by atoms with Gasteiger partial charge in [-0.05, 0) is 19.1 Å². The van der Waals surface area contributed by atoms with E-state index in [9.17, 15) is 4.79 Å². The van der Waals surface area contributed by atoms with Gasteiger partial charge in [0.05, 0.1) is 13.2 Å². The zero-order chi connectivity index (χ0) is 14.8. The van der Waals surface area contributed by atoms with Gasteiger partial charge >= 0.3 is 5.97 Å². The molecule has 21 heavy (non-hydrogen) atoms. The molecule has 0 amide bonds. The Morgan fingerprint density at radius 1 is 1.33 bits per heavy atom. The molecule has 0 bridgehead atoms. The molecule has 0 saturated carbocycles. The Morgan fingerprint density at radius 2 is 2.10 bits per heavy atom. The summed E-state index contributed by atoms with van der Waals surface area (Å²) < 4.78 is 11.2. The van der Waals surface area contributed by atoms with Crippen molar-refractivity contribution >= 4 is 28.1 Å². The molecule has 0 fully saturated rings. The largest absolute Gasteiger partial charge is 0.490 e. The molecule has 2 heterocycles. The highest BCUT2D eigenvalue weighted by atomic mass is 32.1. The molecule has 1 aliphatic heterocycles. The molecule has 1 aromatic carbocycles. The molecule has 3 rings (SSSR count). The van der Waals surface area contributed by atoms with Gasteiger partial charge in [0.25, 0.3) is 0 Å². The minimum Gasteiger partial charge on any atom is -0.490 e. The van der Waals surface area contributed by atoms with Crippen molar-refractivity contribution in [3.05, 3.63) is 28.8 Å². The minimum absolute atomic E-state index is 0.0804. The van der Waals surface area contributed by atoms with Crippen molar-refractivity contribution in [3.8, 4) is 11.5 Å². The number of fused-ring (bicyclic) bond motifs is 1. The van der Waals surface area contributed by atoms with Crippen molar-refractivity contribution in [3.63, 3.8) is 0 Å². The number of hydrogen-bond donors (Lipinski definition) is 2. The van der Waals surface area contributed by atoms with Crippen LogP contribution >= 0.6 is 11.3 Å². The van der Waals surface area contributed by atoms with Crippen LogP contribution in [0.15, 0.2) is 18.2 Å². The number of aromatic nitrogens is 1. The standard InChI is InChI=1S/C14H14N2O4S/c1-8-12(13(17)18)16-14(21-8)15-9-3-4-10-11(7-9)20-6-2-5-19-10/h3-4,7H,2,5-6H2,1H3,(H,15,16)(H,17,18). The zero-order valence-corrected chi connectivity index (χ0v) is 12.2. The first kappa shape index (κ1) is 13.7. The molecule has 2 aromatic rings. The van der Waals surface area contributed by atoms with Gasteiger partial charge in [-0.3, -0.25) is 0 Å². The average Bonchev–Trinajstić information content (AvgIpc) is 2.68. The van der Waals surface area contributed by atoms with E-state index in [1.807, 2.05) is 18.2 Å². The topological polar surface area (TPSA) is 80.7 Å². The van der Waals surface area contributed by atoms with Crippen molar-refractivity contribution in [1.29, 1.82) is 0 Å². The van der Waals surface area contributed by atoms with Crippen LogP contribution < -0.4 is 14.8 Å². The van der Waals surface area contributed by atoms with Crippen molar-refractivity contribution < 1.29 is 19.4 Å². The van der Waals surface area contributed by atoms with Crippen LogP contribution in [0.3, 0.4) is 0 Å². The van der Waals surface area contributed by atoms with E-state index in [0.717, 1.165) is 17.9 Å². The van der Waals surface area contributed by atoms with Gasteiger partial charge in [0.2, 0.25) is 0 Å². The second-order valence-corrected chi connectivity index (χ2v) is 5.77. The van der Waals surface area contributed by atoms with Crippen LogP contribution in [0.1, 0.15) is 21.8 Å². The van der Waals surface area contributed by atoms with Gasteiger partial charge < -0.3 is 19.9 Å². The van der Waals surface area contributed by atoms with E-state index in [0.29, 0.717) is 29.0 Å². The Balaban J connectivity index is 1.83. The number of aromatic carboxylic acids is 1. The van der Waals surface area contributed by atoms with Crippen molar-refractivity contribution in [2.75, 3.05) is 18.5 Å². The van der Waals surface area contributed by atoms with Crippen LogP contribution in [0.4, 0.5) is 10.8 Å². The smallest absolute Gasteiger partial charge is 0.355 e. The summed E-state index contributed by atoms with van der Waals surface area (Å²) in [6.07, 6.45) is 0.852. The Bertz CT molecular complexity index is 684. The van der Waals surface area contributed by atoms with Crippen molar-refractivity contribution in [2.45, 2.75) is 13.3 Å². The highest BCUT2D eigenvalue weighted by Gasteiger charge is 2.15. The maximum atomic E-state index is 11.0. The Kier molecular flexibility index (Phi) is 3.66. The first-order valence-corrected chi connectivity index (χ1v) is 7.32. The lowest BCUT2D eigenvalue weighted by Crippen LogP contribution is -1.99. The predicted molar refractivity (Wildman–Crippen MR) is 79.1 cm³/mol. The zero-order valence-electron chi connectivity index (χ0n) is 11.4. The first-order valence-electron chi connectivity index (χ1n) is 6.51. The fraction of sp³-hybridized carbons (Fsp3) is 0.286. The van der Waals surface area contributed by atoms with Gasteiger partial charge in [0.15, 0.2) is 22.3 Å². The maximum absolute atomic E-state index is 11.0. The van der Waals surface area contributed by atoms with Crippen LogP contribution in [0.2, 0.25) is 0 Å². The molecule has 0 radical (unpaired) electrons. The fourth-order valence-corrected chi connectivity index (χ4v) is 2.84. The summed E-state index contributed by atoms with van der Waals surface area (Å²) in [5.74, 6) is 0.388. The van der Waals surface area contributed by atoms with Gasteiger partial charge in [-0.2, -0.15) is 0 Å². The fourth-order valence-electron chi connectivity index (χ4n) is 2.01. The number of rotatable bonds is 3. The lowest BCUT2D eigenvalue weighted by atomic mass is 10.3. The number of nitrogens with zero attached hydrogens (tertiary/aromatic N) is 1. The van der Waals surface area contributed by atoms with Crippen LogP contribution in [-0.2, 0) is 0 Å². The van der Waals surface area contributed by atoms with E-state index in [2.05, 4.69) is 10.3 Å². The van der Waals surface area contributed by atoms with Gasteiger partial charge in [0, 0.05) is 23.1 Å². The number of carboxylic acid groups (broad SMARTS) is 1. The van der Waals surface area contributed by atoms with Crippen molar-refractivity contribution in [1.82, 2.24) is 4.98 Å². The third-order valence-corrected chi connectivity index (χ3v) is 3.88. The first-order chi connectivity index (χ1) is 10.1. The quantitative estimate of drug-likeness (QED) is 0.907. The second kappa shape index (κ2) is 5.61. The number of carbonyl (C=O) groups is 1. The molecule has 2 N–H and O–H groups in total. The summed E-state index contributed by atoms with van der Waals surface area (Å²) in [6.45, 7) is 3.00. The molecule has 1 aliphatic rings. The summed E-state index contributed by atoms with van der Waals surface area (Å²) in [5, 5.41) is 12.7. The van der Waals surface area contributed by atoms with E-state index in [1.54, 1.807) is 6.92 Å². The van der Waals surface area contributed by atoms with Gasteiger partial charge in [-0.25, -0.2) is 9.78 Å². The van der Waals surface area contributed by atoms with Crippen LogP contribution in [0, 0.1) is 6.92 Å². The Labute approximate surface area is 125 Å². The Morgan fingerprint density at radius 3 is 2.81 bits per heavy atom. The molecule has 110 valence electrons. The molecule has 7 heteroatoms. The van der Waals surface area contributed by atoms with Crippen LogP contribution in [-0.4, -0.2) is 29.3 Å². The van der Waals surface area contributed by atoms with Crippen LogP contribution in [0.25, 0.3) is 0 Å². The molecule has 0 atom stereocenters. The molecular weight excluding hydrogens is 292 g/mol. The number of hydrogen-bond acceptors (Lipinski definition) is 6. The lowest BCUT2D eigenvalue weighted by Gasteiger charge is -2.09. The SMILES string of the molecule is Cc1sc(Nc2ccc3c(c2)OCCCO3)nc1C(=O)O. The second-order valence-electron chi connectivity index (χ2n) is 4.57. The highest BCUT2D eigenvalue weighted by molar-refractivity contribution is 7.15. The normalized spacial score (nSPS) is 13.6. The summed E-state index contributed by atoms with van der Waals surface area (Å²) in [7, 11) is 0. The van der Waals surface area contributed by atoms with E-state index in [1.165, 1.54) is 11.3 Å². The molecule has 0 spiro atoms. The molecule has 0 aliphatic carbocycles. The Hall–Kier alpha value is -2.28. The summed E-state index contributed by atoms with van der Waals surface area (Å²) >= 11 is 1.30. The number of thiazole rings is 1. The number of benzene rings is 1. The van der Waals surface area contributed by atoms with E-state index < -0.39 is 5.97 Å². The number of anilines is 2. The summed E-state index contributed by atoms with van der Waals surface area (Å²) in [6, 6.07) is 5.52. The molecule has 0 saturated heterocycles. The van der Waals surface area contributed by atoms with E-state index in [4.69, 9.17) is 14.6 Å². The number of nitrogens with one attached hydrogen (secondary N) is 1. The number of carboxylic acids is 1. The monoisotopic (exact) mass is 306 g/mol. The van der Waals surface area contributed by atoms with Crippen LogP contribution in [0.5, 0.6) is 11.5 Å². The average molecular weight is 306 g/mol. The lowest BCUT2D eigenvalue weighted by molar-refractivity contribution is 0.0690. The summed E-state index contributed by atoms with van der Waals surface area (Å²) in [5.41, 5.74) is 0.863. The predicted octanol–water partition coefficient (Wildman–Crippen LogP) is 3.05. The molecule has 0 unspecified atom stereocenters. The van der Waals surface area contributed by atoms with Crippen molar-refractivity contribution in [2.24, 2.45) is 0 Å².